The van der Waals surface area contributed by atoms with E-state index in [1.165, 1.54) is 5.39 Å². The van der Waals surface area contributed by atoms with Gasteiger partial charge in [-0.2, -0.15) is 10.4 Å². The molecule has 0 aliphatic carbocycles. The smallest absolute Gasteiger partial charge is 0.0843 e. The quantitative estimate of drug-likeness (QED) is 0.773. The van der Waals surface area contributed by atoms with Crippen molar-refractivity contribution in [3.63, 3.8) is 0 Å². The third-order valence-corrected chi connectivity index (χ3v) is 3.36. The highest BCUT2D eigenvalue weighted by Crippen LogP contribution is 2.18. The van der Waals surface area contributed by atoms with Crippen LogP contribution in [0.4, 0.5) is 0 Å². The summed E-state index contributed by atoms with van der Waals surface area (Å²) < 4.78 is 7.04. The van der Waals surface area contributed by atoms with Crippen LogP contribution in [0.2, 0.25) is 0 Å². The molecule has 0 spiro atoms. The predicted molar refractivity (Wildman–Crippen MR) is 78.1 cm³/mol. The number of aryl methyl sites for hydroxylation is 1. The van der Waals surface area contributed by atoms with E-state index in [9.17, 15) is 0 Å². The standard InChI is InChI=1S/C15H20N4O/c1-18-15-7-4-3-6-13(15)14(17-18)12-19(9-5-8-16)10-11-20-2/h3-4,6-7H,5,9-12H2,1-2H3. The lowest BCUT2D eigenvalue weighted by Crippen LogP contribution is -2.28. The monoisotopic (exact) mass is 272 g/mol. The Balaban J connectivity index is 2.17. The number of benzene rings is 1. The van der Waals surface area contributed by atoms with Crippen molar-refractivity contribution in [3.05, 3.63) is 30.0 Å². The Morgan fingerprint density at radius 2 is 2.15 bits per heavy atom. The Kier molecular flexibility index (Phi) is 5.10. The molecule has 0 radical (unpaired) electrons. The van der Waals surface area contributed by atoms with Gasteiger partial charge in [0.2, 0.25) is 0 Å². The highest BCUT2D eigenvalue weighted by Gasteiger charge is 2.12. The second-order valence-electron chi connectivity index (χ2n) is 4.76. The molecule has 5 heteroatoms. The SMILES string of the molecule is COCCN(CCC#N)Cc1nn(C)c2ccccc12. The lowest BCUT2D eigenvalue weighted by Gasteiger charge is -2.19. The van der Waals surface area contributed by atoms with E-state index in [1.807, 2.05) is 23.9 Å². The van der Waals surface area contributed by atoms with Gasteiger partial charge in [-0.3, -0.25) is 9.58 Å². The van der Waals surface area contributed by atoms with Crippen molar-refractivity contribution < 1.29 is 4.74 Å². The number of aromatic nitrogens is 2. The second kappa shape index (κ2) is 7.04. The molecule has 1 aromatic carbocycles. The van der Waals surface area contributed by atoms with Gasteiger partial charge < -0.3 is 4.74 Å². The molecule has 106 valence electrons. The van der Waals surface area contributed by atoms with Crippen LogP contribution in [-0.4, -0.2) is 41.5 Å². The minimum Gasteiger partial charge on any atom is -0.383 e. The van der Waals surface area contributed by atoms with Crippen molar-refractivity contribution in [2.75, 3.05) is 26.8 Å². The van der Waals surface area contributed by atoms with Gasteiger partial charge in [0.25, 0.3) is 0 Å². The molecule has 0 aliphatic heterocycles. The Bertz CT molecular complexity index is 599. The average Bonchev–Trinajstić information content (AvgIpc) is 2.79. The number of nitrogens with zero attached hydrogens (tertiary/aromatic N) is 4. The summed E-state index contributed by atoms with van der Waals surface area (Å²) >= 11 is 0. The van der Waals surface area contributed by atoms with Crippen molar-refractivity contribution in [1.82, 2.24) is 14.7 Å². The number of para-hydroxylation sites is 1. The van der Waals surface area contributed by atoms with Gasteiger partial charge in [-0.15, -0.1) is 0 Å². The molecule has 2 rings (SSSR count). The zero-order valence-electron chi connectivity index (χ0n) is 12.0. The van der Waals surface area contributed by atoms with Crippen molar-refractivity contribution in [1.29, 1.82) is 5.26 Å². The Hall–Kier alpha value is -1.90. The summed E-state index contributed by atoms with van der Waals surface area (Å²) in [7, 11) is 3.65. The summed E-state index contributed by atoms with van der Waals surface area (Å²) in [6.45, 7) is 2.95. The minimum absolute atomic E-state index is 0.522. The molecule has 0 amide bonds. The van der Waals surface area contributed by atoms with Crippen LogP contribution in [0.1, 0.15) is 12.1 Å². The summed E-state index contributed by atoms with van der Waals surface area (Å²) in [5.41, 5.74) is 2.19. The molecule has 20 heavy (non-hydrogen) atoms. The Morgan fingerprint density at radius 1 is 1.35 bits per heavy atom. The first-order valence-electron chi connectivity index (χ1n) is 6.75. The number of nitriles is 1. The molecule has 0 aliphatic rings. The maximum atomic E-state index is 8.75. The first-order chi connectivity index (χ1) is 9.76. The fourth-order valence-electron chi connectivity index (χ4n) is 2.32. The van der Waals surface area contributed by atoms with E-state index >= 15 is 0 Å². The van der Waals surface area contributed by atoms with Crippen LogP contribution in [0.15, 0.2) is 24.3 Å². The number of methoxy groups -OCH3 is 1. The highest BCUT2D eigenvalue weighted by molar-refractivity contribution is 5.81. The average molecular weight is 272 g/mol. The molecule has 0 N–H and O–H groups in total. The van der Waals surface area contributed by atoms with Crippen LogP contribution in [-0.2, 0) is 18.3 Å². The molecule has 5 nitrogen and oxygen atoms in total. The van der Waals surface area contributed by atoms with E-state index in [4.69, 9.17) is 10.00 Å². The van der Waals surface area contributed by atoms with Gasteiger partial charge in [0.1, 0.15) is 0 Å². The van der Waals surface area contributed by atoms with E-state index in [0.717, 1.165) is 30.8 Å². The topological polar surface area (TPSA) is 54.1 Å². The normalized spacial score (nSPS) is 11.1. The van der Waals surface area contributed by atoms with Crippen LogP contribution in [0.5, 0.6) is 0 Å². The molecule has 0 saturated carbocycles. The number of rotatable bonds is 7. The number of ether oxygens (including phenoxy) is 1. The molecular formula is C15H20N4O. The lowest BCUT2D eigenvalue weighted by molar-refractivity contribution is 0.145. The van der Waals surface area contributed by atoms with Crippen molar-refractivity contribution in [2.24, 2.45) is 7.05 Å². The zero-order chi connectivity index (χ0) is 14.4. The first-order valence-corrected chi connectivity index (χ1v) is 6.75. The molecule has 1 aromatic heterocycles. The van der Waals surface area contributed by atoms with Crippen molar-refractivity contribution in [2.45, 2.75) is 13.0 Å². The van der Waals surface area contributed by atoms with Crippen LogP contribution >= 0.6 is 0 Å². The fraction of sp³-hybridized carbons (Fsp3) is 0.467. The number of fused-ring (bicyclic) bond motifs is 1. The molecule has 0 fully saturated rings. The minimum atomic E-state index is 0.522. The molecule has 0 atom stereocenters. The van der Waals surface area contributed by atoms with E-state index in [-0.39, 0.29) is 0 Å². The third-order valence-electron chi connectivity index (χ3n) is 3.36. The third kappa shape index (κ3) is 3.35. The molecular weight excluding hydrogens is 252 g/mol. The maximum Gasteiger partial charge on any atom is 0.0843 e. The van der Waals surface area contributed by atoms with E-state index in [2.05, 4.69) is 28.2 Å². The summed E-state index contributed by atoms with van der Waals surface area (Å²) in [6, 6.07) is 10.4. The fourth-order valence-corrected chi connectivity index (χ4v) is 2.32. The maximum absolute atomic E-state index is 8.75. The van der Waals surface area contributed by atoms with Crippen LogP contribution in [0.3, 0.4) is 0 Å². The number of hydrogen-bond donors (Lipinski definition) is 0. The second-order valence-corrected chi connectivity index (χ2v) is 4.76. The Morgan fingerprint density at radius 3 is 2.90 bits per heavy atom. The Labute approximate surface area is 119 Å². The highest BCUT2D eigenvalue weighted by atomic mass is 16.5. The molecule has 0 bridgehead atoms. The van der Waals surface area contributed by atoms with E-state index in [0.29, 0.717) is 13.0 Å². The largest absolute Gasteiger partial charge is 0.383 e. The zero-order valence-corrected chi connectivity index (χ0v) is 12.0. The molecule has 1 heterocycles. The molecule has 2 aromatic rings. The number of hydrogen-bond acceptors (Lipinski definition) is 4. The molecule has 0 saturated heterocycles. The van der Waals surface area contributed by atoms with E-state index in [1.54, 1.807) is 7.11 Å². The van der Waals surface area contributed by atoms with Gasteiger partial charge in [-0.25, -0.2) is 0 Å². The van der Waals surface area contributed by atoms with Crippen LogP contribution < -0.4 is 0 Å². The predicted octanol–water partition coefficient (Wildman–Crippen LogP) is 1.94. The van der Waals surface area contributed by atoms with Crippen LogP contribution in [0.25, 0.3) is 10.9 Å². The van der Waals surface area contributed by atoms with Gasteiger partial charge >= 0.3 is 0 Å². The molecule has 0 unspecified atom stereocenters. The van der Waals surface area contributed by atoms with Crippen molar-refractivity contribution in [3.8, 4) is 6.07 Å². The summed E-state index contributed by atoms with van der Waals surface area (Å²) in [4.78, 5) is 2.21. The van der Waals surface area contributed by atoms with Gasteiger partial charge in [-0.05, 0) is 6.07 Å². The summed E-state index contributed by atoms with van der Waals surface area (Å²) in [5.74, 6) is 0. The van der Waals surface area contributed by atoms with Crippen LogP contribution in [0, 0.1) is 11.3 Å². The summed E-state index contributed by atoms with van der Waals surface area (Å²) in [6.07, 6.45) is 0.522. The summed E-state index contributed by atoms with van der Waals surface area (Å²) in [5, 5.41) is 14.5. The lowest BCUT2D eigenvalue weighted by atomic mass is 10.2. The van der Waals surface area contributed by atoms with Gasteiger partial charge in [0, 0.05) is 45.6 Å². The van der Waals surface area contributed by atoms with Crippen molar-refractivity contribution >= 4 is 10.9 Å². The van der Waals surface area contributed by atoms with Gasteiger partial charge in [0.15, 0.2) is 0 Å². The van der Waals surface area contributed by atoms with E-state index < -0.39 is 0 Å². The van der Waals surface area contributed by atoms with Gasteiger partial charge in [0.05, 0.1) is 23.9 Å². The first kappa shape index (κ1) is 14.5. The van der Waals surface area contributed by atoms with Gasteiger partial charge in [-0.1, -0.05) is 18.2 Å².